The largest absolute Gasteiger partial charge is 0.505 e. The number of amides is 1. The summed E-state index contributed by atoms with van der Waals surface area (Å²) in [5.74, 6) is -0.813. The fourth-order valence-electron chi connectivity index (χ4n) is 2.91. The summed E-state index contributed by atoms with van der Waals surface area (Å²) < 4.78 is 13.2. The molecule has 1 amide bonds. The molecule has 120 valence electrons. The number of fused-ring (bicyclic) bond motifs is 1. The van der Waals surface area contributed by atoms with Crippen LogP contribution in [0.3, 0.4) is 0 Å². The molecular weight excluding hydrogens is 319 g/mol. The lowest BCUT2D eigenvalue weighted by molar-refractivity contribution is 0.0722. The Morgan fingerprint density at radius 2 is 2.22 bits per heavy atom. The average Bonchev–Trinajstić information content (AvgIpc) is 2.53. The predicted molar refractivity (Wildman–Crippen MR) is 85.1 cm³/mol. The zero-order valence-corrected chi connectivity index (χ0v) is 13.4. The Kier molecular flexibility index (Phi) is 4.22. The van der Waals surface area contributed by atoms with Crippen molar-refractivity contribution >= 4 is 17.5 Å². The quantitative estimate of drug-likeness (QED) is 0.936. The molecule has 0 radical (unpaired) electrons. The van der Waals surface area contributed by atoms with Gasteiger partial charge in [-0.25, -0.2) is 4.39 Å². The van der Waals surface area contributed by atoms with Crippen LogP contribution in [0.15, 0.2) is 24.4 Å². The van der Waals surface area contributed by atoms with Crippen molar-refractivity contribution in [2.45, 2.75) is 26.3 Å². The molecule has 1 N–H and O–H groups in total. The summed E-state index contributed by atoms with van der Waals surface area (Å²) >= 11 is 5.79. The number of hydrogen-bond donors (Lipinski definition) is 1. The molecule has 1 aromatic carbocycles. The van der Waals surface area contributed by atoms with Gasteiger partial charge in [0.25, 0.3) is 5.91 Å². The first-order chi connectivity index (χ1) is 11.0. The van der Waals surface area contributed by atoms with Gasteiger partial charge in [-0.3, -0.25) is 9.78 Å². The van der Waals surface area contributed by atoms with Gasteiger partial charge in [0.2, 0.25) is 0 Å². The average molecular weight is 335 g/mol. The Bertz CT molecular complexity index is 779. The van der Waals surface area contributed by atoms with Gasteiger partial charge in [0, 0.05) is 18.8 Å². The molecule has 1 aliphatic rings. The van der Waals surface area contributed by atoms with E-state index in [1.165, 1.54) is 18.3 Å². The van der Waals surface area contributed by atoms with E-state index in [2.05, 4.69) is 4.98 Å². The van der Waals surface area contributed by atoms with Crippen LogP contribution < -0.4 is 0 Å². The van der Waals surface area contributed by atoms with E-state index in [0.717, 1.165) is 16.8 Å². The smallest absolute Gasteiger partial charge is 0.258 e. The van der Waals surface area contributed by atoms with Crippen molar-refractivity contribution in [3.63, 3.8) is 0 Å². The zero-order chi connectivity index (χ0) is 16.6. The number of aromatic hydroxyl groups is 1. The van der Waals surface area contributed by atoms with Crippen LogP contribution in [-0.2, 0) is 19.4 Å². The van der Waals surface area contributed by atoms with Crippen molar-refractivity contribution in [3.8, 4) is 5.75 Å². The van der Waals surface area contributed by atoms with Crippen LogP contribution in [0.5, 0.6) is 5.75 Å². The molecule has 3 rings (SSSR count). The summed E-state index contributed by atoms with van der Waals surface area (Å²) in [5.41, 5.74) is 2.75. The molecule has 0 saturated heterocycles. The molecule has 2 heterocycles. The summed E-state index contributed by atoms with van der Waals surface area (Å²) in [7, 11) is 0. The van der Waals surface area contributed by atoms with E-state index in [1.807, 2.05) is 6.92 Å². The fourth-order valence-corrected chi connectivity index (χ4v) is 3.11. The summed E-state index contributed by atoms with van der Waals surface area (Å²) in [4.78, 5) is 18.5. The summed E-state index contributed by atoms with van der Waals surface area (Å²) in [6, 6.07) is 4.41. The number of nitrogens with zero attached hydrogens (tertiary/aromatic N) is 2. The number of rotatable bonds is 3. The van der Waals surface area contributed by atoms with Crippen LogP contribution in [0.4, 0.5) is 4.39 Å². The number of pyridine rings is 1. The van der Waals surface area contributed by atoms with Crippen molar-refractivity contribution < 1.29 is 14.3 Å². The second kappa shape index (κ2) is 6.16. The van der Waals surface area contributed by atoms with Gasteiger partial charge >= 0.3 is 0 Å². The number of carbonyl (C=O) groups is 1. The SMILES string of the molecule is CCc1ncc(O)c2c1CCN(Cc1ccc(F)c(Cl)c1)C2=O. The molecule has 0 spiro atoms. The fraction of sp³-hybridized carbons (Fsp3) is 0.294. The lowest BCUT2D eigenvalue weighted by Gasteiger charge is -2.30. The van der Waals surface area contributed by atoms with Crippen LogP contribution in [0.25, 0.3) is 0 Å². The first-order valence-electron chi connectivity index (χ1n) is 7.44. The first-order valence-corrected chi connectivity index (χ1v) is 7.82. The zero-order valence-electron chi connectivity index (χ0n) is 12.6. The Labute approximate surface area is 138 Å². The molecule has 0 aliphatic carbocycles. The van der Waals surface area contributed by atoms with Gasteiger partial charge in [-0.05, 0) is 36.1 Å². The molecule has 0 fully saturated rings. The molecular formula is C17H16ClFN2O2. The third kappa shape index (κ3) is 2.88. The molecule has 6 heteroatoms. The van der Waals surface area contributed by atoms with Gasteiger partial charge in [0.1, 0.15) is 11.6 Å². The maximum Gasteiger partial charge on any atom is 0.258 e. The number of halogens is 2. The van der Waals surface area contributed by atoms with Crippen LogP contribution in [0, 0.1) is 5.82 Å². The number of aryl methyl sites for hydroxylation is 1. The minimum Gasteiger partial charge on any atom is -0.505 e. The molecule has 4 nitrogen and oxygen atoms in total. The third-order valence-electron chi connectivity index (χ3n) is 4.07. The van der Waals surface area contributed by atoms with Crippen molar-refractivity contribution in [3.05, 3.63) is 57.6 Å². The molecule has 1 aromatic heterocycles. The van der Waals surface area contributed by atoms with E-state index in [-0.39, 0.29) is 16.7 Å². The topological polar surface area (TPSA) is 53.4 Å². The van der Waals surface area contributed by atoms with Crippen LogP contribution in [-0.4, -0.2) is 27.4 Å². The Morgan fingerprint density at radius 1 is 1.43 bits per heavy atom. The minimum absolute atomic E-state index is 0.0349. The second-order valence-electron chi connectivity index (χ2n) is 5.52. The summed E-state index contributed by atoms with van der Waals surface area (Å²) in [5, 5.41) is 10.1. The van der Waals surface area contributed by atoms with Crippen molar-refractivity contribution in [1.82, 2.24) is 9.88 Å². The second-order valence-corrected chi connectivity index (χ2v) is 5.93. The highest BCUT2D eigenvalue weighted by Crippen LogP contribution is 2.30. The summed E-state index contributed by atoms with van der Waals surface area (Å²) in [6.45, 7) is 2.82. The highest BCUT2D eigenvalue weighted by Gasteiger charge is 2.29. The first kappa shape index (κ1) is 15.7. The van der Waals surface area contributed by atoms with Crippen LogP contribution in [0.1, 0.15) is 34.1 Å². The number of carbonyl (C=O) groups excluding carboxylic acids is 1. The molecule has 23 heavy (non-hydrogen) atoms. The monoisotopic (exact) mass is 334 g/mol. The Hall–Kier alpha value is -2.14. The highest BCUT2D eigenvalue weighted by molar-refractivity contribution is 6.30. The van der Waals surface area contributed by atoms with Gasteiger partial charge in [-0.2, -0.15) is 0 Å². The van der Waals surface area contributed by atoms with E-state index in [1.54, 1.807) is 11.0 Å². The molecule has 2 aromatic rings. The maximum absolute atomic E-state index is 13.2. The normalized spacial score (nSPS) is 14.0. The Balaban J connectivity index is 1.90. The van der Waals surface area contributed by atoms with Crippen LogP contribution >= 0.6 is 11.6 Å². The van der Waals surface area contributed by atoms with Crippen molar-refractivity contribution in [2.75, 3.05) is 6.54 Å². The van der Waals surface area contributed by atoms with Gasteiger partial charge < -0.3 is 10.0 Å². The molecule has 1 aliphatic heterocycles. The maximum atomic E-state index is 13.2. The van der Waals surface area contributed by atoms with Gasteiger partial charge in [0.05, 0.1) is 16.8 Å². The lowest BCUT2D eigenvalue weighted by Crippen LogP contribution is -2.37. The Morgan fingerprint density at radius 3 is 2.91 bits per heavy atom. The molecule has 0 atom stereocenters. The van der Waals surface area contributed by atoms with E-state index >= 15 is 0 Å². The molecule has 0 saturated carbocycles. The van der Waals surface area contributed by atoms with E-state index in [9.17, 15) is 14.3 Å². The van der Waals surface area contributed by atoms with E-state index in [4.69, 9.17) is 11.6 Å². The number of benzene rings is 1. The van der Waals surface area contributed by atoms with Gasteiger partial charge in [-0.15, -0.1) is 0 Å². The minimum atomic E-state index is -0.484. The van der Waals surface area contributed by atoms with Crippen LogP contribution in [0.2, 0.25) is 5.02 Å². The van der Waals surface area contributed by atoms with Gasteiger partial charge in [-0.1, -0.05) is 24.6 Å². The van der Waals surface area contributed by atoms with Crippen molar-refractivity contribution in [2.24, 2.45) is 0 Å². The lowest BCUT2D eigenvalue weighted by atomic mass is 9.95. The van der Waals surface area contributed by atoms with Gasteiger partial charge in [0.15, 0.2) is 0 Å². The molecule has 0 unspecified atom stereocenters. The third-order valence-corrected chi connectivity index (χ3v) is 4.36. The predicted octanol–water partition coefficient (Wildman–Crippen LogP) is 3.34. The summed E-state index contributed by atoms with van der Waals surface area (Å²) in [6.07, 6.45) is 2.68. The number of aromatic nitrogens is 1. The van der Waals surface area contributed by atoms with E-state index in [0.29, 0.717) is 31.5 Å². The molecule has 0 bridgehead atoms. The number of hydrogen-bond acceptors (Lipinski definition) is 3. The van der Waals surface area contributed by atoms with E-state index < -0.39 is 5.82 Å². The standard InChI is InChI=1S/C17H16ClFN2O2/c1-2-14-11-5-6-21(17(23)16(11)15(22)8-20-14)9-10-3-4-13(19)12(18)7-10/h3-4,7-8,22H,2,5-6,9H2,1H3. The highest BCUT2D eigenvalue weighted by atomic mass is 35.5. The van der Waals surface area contributed by atoms with Crippen molar-refractivity contribution in [1.29, 1.82) is 0 Å².